The van der Waals surface area contributed by atoms with Crippen LogP contribution in [0.15, 0.2) is 84.0 Å². The van der Waals surface area contributed by atoms with Crippen molar-refractivity contribution in [2.75, 3.05) is 0 Å². The Morgan fingerprint density at radius 2 is 1.56 bits per heavy atom. The van der Waals surface area contributed by atoms with Crippen LogP contribution in [0.25, 0.3) is 16.3 Å². The lowest BCUT2D eigenvalue weighted by Crippen LogP contribution is -2.06. The molecule has 1 heteroatoms. The highest BCUT2D eigenvalue weighted by molar-refractivity contribution is 6.20. The number of fused-ring (bicyclic) bond motifs is 1. The summed E-state index contributed by atoms with van der Waals surface area (Å²) in [7, 11) is 0. The van der Waals surface area contributed by atoms with E-state index in [1.165, 1.54) is 27.7 Å². The molecule has 25 heavy (non-hydrogen) atoms. The van der Waals surface area contributed by atoms with Gasteiger partial charge in [0.15, 0.2) is 0 Å². The van der Waals surface area contributed by atoms with Crippen molar-refractivity contribution in [1.82, 2.24) is 0 Å². The van der Waals surface area contributed by atoms with E-state index in [0.29, 0.717) is 5.71 Å². The average Bonchev–Trinajstić information content (AvgIpc) is 2.99. The summed E-state index contributed by atoms with van der Waals surface area (Å²) in [6.07, 6.45) is 3.24. The van der Waals surface area contributed by atoms with Crippen molar-refractivity contribution in [3.8, 4) is 0 Å². The summed E-state index contributed by atoms with van der Waals surface area (Å²) in [5.74, 6) is 0. The van der Waals surface area contributed by atoms with Gasteiger partial charge < -0.3 is 0 Å². The van der Waals surface area contributed by atoms with E-state index in [1.807, 2.05) is 30.3 Å². The Labute approximate surface area is 148 Å². The van der Waals surface area contributed by atoms with Gasteiger partial charge in [0.1, 0.15) is 0 Å². The molecule has 4 rings (SSSR count). The minimum absolute atomic E-state index is 0.595. The van der Waals surface area contributed by atoms with Crippen LogP contribution < -0.4 is 0 Å². The van der Waals surface area contributed by atoms with Gasteiger partial charge in [0.2, 0.25) is 0 Å². The van der Waals surface area contributed by atoms with Crippen molar-refractivity contribution in [3.63, 3.8) is 0 Å². The van der Waals surface area contributed by atoms with E-state index in [4.69, 9.17) is 5.41 Å². The number of nitrogens with one attached hydrogen (secondary N) is 1. The number of hydrogen-bond donors (Lipinski definition) is 1. The fourth-order valence-electron chi connectivity index (χ4n) is 3.78. The SMILES string of the molecule is CC1=CC(C)=C(c2ccc3ccccc3c2C(=N)c2ccccc2)C1. The van der Waals surface area contributed by atoms with Gasteiger partial charge in [-0.1, -0.05) is 78.4 Å². The van der Waals surface area contributed by atoms with Gasteiger partial charge in [-0.05, 0) is 47.8 Å². The quantitative estimate of drug-likeness (QED) is 0.541. The monoisotopic (exact) mass is 323 g/mol. The Morgan fingerprint density at radius 3 is 2.28 bits per heavy atom. The predicted octanol–water partition coefficient (Wildman–Crippen LogP) is 6.38. The lowest BCUT2D eigenvalue weighted by molar-refractivity contribution is 1.26. The van der Waals surface area contributed by atoms with Gasteiger partial charge in [-0.2, -0.15) is 0 Å². The first kappa shape index (κ1) is 15.6. The summed E-state index contributed by atoms with van der Waals surface area (Å²) in [6.45, 7) is 4.36. The van der Waals surface area contributed by atoms with E-state index in [9.17, 15) is 0 Å². The van der Waals surface area contributed by atoms with Crippen molar-refractivity contribution >= 4 is 22.1 Å². The number of benzene rings is 3. The van der Waals surface area contributed by atoms with Gasteiger partial charge in [0.05, 0.1) is 5.71 Å². The minimum atomic E-state index is 0.595. The van der Waals surface area contributed by atoms with Crippen LogP contribution in [0.3, 0.4) is 0 Å². The third-order valence-electron chi connectivity index (χ3n) is 4.96. The molecule has 0 saturated carbocycles. The third kappa shape index (κ3) is 2.72. The highest BCUT2D eigenvalue weighted by Gasteiger charge is 2.20. The molecule has 0 amide bonds. The van der Waals surface area contributed by atoms with E-state index < -0.39 is 0 Å². The summed E-state index contributed by atoms with van der Waals surface area (Å²) in [5, 5.41) is 11.3. The average molecular weight is 323 g/mol. The van der Waals surface area contributed by atoms with Crippen LogP contribution in [-0.4, -0.2) is 5.71 Å². The Bertz CT molecular complexity index is 1040. The van der Waals surface area contributed by atoms with E-state index >= 15 is 0 Å². The normalized spacial score (nSPS) is 14.1. The van der Waals surface area contributed by atoms with Gasteiger partial charge in [-0.15, -0.1) is 0 Å². The molecular weight excluding hydrogens is 302 g/mol. The summed E-state index contributed by atoms with van der Waals surface area (Å²) in [6, 6.07) is 22.8. The van der Waals surface area contributed by atoms with Crippen LogP contribution in [0.2, 0.25) is 0 Å². The zero-order valence-electron chi connectivity index (χ0n) is 14.6. The molecule has 0 heterocycles. The lowest BCUT2D eigenvalue weighted by atomic mass is 9.87. The van der Waals surface area contributed by atoms with Gasteiger partial charge in [-0.3, -0.25) is 5.41 Å². The highest BCUT2D eigenvalue weighted by Crippen LogP contribution is 2.37. The van der Waals surface area contributed by atoms with Crippen LogP contribution in [0, 0.1) is 5.41 Å². The molecule has 1 aliphatic rings. The fourth-order valence-corrected chi connectivity index (χ4v) is 3.78. The van der Waals surface area contributed by atoms with Gasteiger partial charge in [-0.25, -0.2) is 0 Å². The second-order valence-corrected chi connectivity index (χ2v) is 6.78. The first-order valence-electron chi connectivity index (χ1n) is 8.68. The van der Waals surface area contributed by atoms with Crippen molar-refractivity contribution in [2.24, 2.45) is 0 Å². The van der Waals surface area contributed by atoms with E-state index in [-0.39, 0.29) is 0 Å². The summed E-state index contributed by atoms with van der Waals surface area (Å²) >= 11 is 0. The molecule has 0 bridgehead atoms. The zero-order valence-corrected chi connectivity index (χ0v) is 14.6. The van der Waals surface area contributed by atoms with Crippen molar-refractivity contribution in [3.05, 3.63) is 101 Å². The Kier molecular flexibility index (Phi) is 3.85. The number of hydrogen-bond acceptors (Lipinski definition) is 1. The maximum Gasteiger partial charge on any atom is 0.0696 e. The molecule has 3 aromatic rings. The molecule has 0 atom stereocenters. The number of rotatable bonds is 3. The van der Waals surface area contributed by atoms with E-state index in [2.05, 4.69) is 56.3 Å². The fraction of sp³-hybridized carbons (Fsp3) is 0.125. The summed E-state index contributed by atoms with van der Waals surface area (Å²) < 4.78 is 0. The van der Waals surface area contributed by atoms with Crippen molar-refractivity contribution in [1.29, 1.82) is 5.41 Å². The van der Waals surface area contributed by atoms with E-state index in [1.54, 1.807) is 0 Å². The standard InChI is InChI=1S/C24H21N/c1-16-14-17(2)22(15-16)21-13-12-18-8-6-7-11-20(18)23(21)24(25)19-9-4-3-5-10-19/h3-14,25H,15H2,1-2H3. The molecule has 0 radical (unpaired) electrons. The number of allylic oxidation sites excluding steroid dienone is 4. The molecule has 0 spiro atoms. The molecule has 3 aromatic carbocycles. The van der Waals surface area contributed by atoms with E-state index in [0.717, 1.165) is 22.9 Å². The molecule has 0 fully saturated rings. The lowest BCUT2D eigenvalue weighted by Gasteiger charge is -2.17. The van der Waals surface area contributed by atoms with Crippen LogP contribution in [-0.2, 0) is 0 Å². The second kappa shape index (κ2) is 6.18. The molecule has 1 aliphatic carbocycles. The van der Waals surface area contributed by atoms with Gasteiger partial charge in [0.25, 0.3) is 0 Å². The maximum atomic E-state index is 8.93. The molecular formula is C24H21N. The second-order valence-electron chi connectivity index (χ2n) is 6.78. The molecule has 0 unspecified atom stereocenters. The summed E-state index contributed by atoms with van der Waals surface area (Å²) in [4.78, 5) is 0. The first-order chi connectivity index (χ1) is 12.1. The molecule has 1 N–H and O–H groups in total. The molecule has 0 saturated heterocycles. The van der Waals surface area contributed by atoms with Crippen LogP contribution in [0.4, 0.5) is 0 Å². The molecule has 0 aliphatic heterocycles. The highest BCUT2D eigenvalue weighted by atomic mass is 14.4. The largest absolute Gasteiger partial charge is 0.300 e. The summed E-state index contributed by atoms with van der Waals surface area (Å²) in [5.41, 5.74) is 7.84. The van der Waals surface area contributed by atoms with Crippen LogP contribution in [0.5, 0.6) is 0 Å². The van der Waals surface area contributed by atoms with Gasteiger partial charge >= 0.3 is 0 Å². The minimum Gasteiger partial charge on any atom is -0.300 e. The smallest absolute Gasteiger partial charge is 0.0696 e. The molecule has 122 valence electrons. The van der Waals surface area contributed by atoms with Gasteiger partial charge in [0, 0.05) is 11.1 Å². The van der Waals surface area contributed by atoms with Crippen molar-refractivity contribution in [2.45, 2.75) is 20.3 Å². The first-order valence-corrected chi connectivity index (χ1v) is 8.68. The Morgan fingerprint density at radius 1 is 0.840 bits per heavy atom. The zero-order chi connectivity index (χ0) is 17.4. The molecule has 0 aromatic heterocycles. The van der Waals surface area contributed by atoms with Crippen LogP contribution >= 0.6 is 0 Å². The van der Waals surface area contributed by atoms with Crippen LogP contribution in [0.1, 0.15) is 37.0 Å². The maximum absolute atomic E-state index is 8.93. The predicted molar refractivity (Wildman–Crippen MR) is 107 cm³/mol. The third-order valence-corrected chi connectivity index (χ3v) is 4.96. The topological polar surface area (TPSA) is 23.9 Å². The molecule has 1 nitrogen and oxygen atoms in total. The Balaban J connectivity index is 1.99. The van der Waals surface area contributed by atoms with Crippen molar-refractivity contribution < 1.29 is 0 Å². The Hall–Kier alpha value is -2.93.